The van der Waals surface area contributed by atoms with Gasteiger partial charge in [-0.2, -0.15) is 0 Å². The topological polar surface area (TPSA) is 71.7 Å². The number of rotatable bonds is 2. The minimum atomic E-state index is -0.420. The van der Waals surface area contributed by atoms with Gasteiger partial charge in [0.1, 0.15) is 11.4 Å². The Morgan fingerprint density at radius 3 is 2.15 bits per heavy atom. The summed E-state index contributed by atoms with van der Waals surface area (Å²) in [7, 11) is 0. The molecule has 0 unspecified atom stereocenters. The molecule has 2 saturated heterocycles. The van der Waals surface area contributed by atoms with Crippen LogP contribution in [-0.4, -0.2) is 47.8 Å². The predicted molar refractivity (Wildman–Crippen MR) is 104 cm³/mol. The minimum Gasteiger partial charge on any atom is -0.444 e. The number of hydrogen-bond acceptors (Lipinski definition) is 5. The van der Waals surface area contributed by atoms with Crippen LogP contribution in [0, 0.1) is 11.8 Å². The van der Waals surface area contributed by atoms with E-state index in [9.17, 15) is 4.79 Å². The van der Waals surface area contributed by atoms with Crippen molar-refractivity contribution in [2.24, 2.45) is 11.8 Å². The fourth-order valence-electron chi connectivity index (χ4n) is 4.06. The summed E-state index contributed by atoms with van der Waals surface area (Å²) in [5.41, 5.74) is 6.01. The van der Waals surface area contributed by atoms with E-state index in [1.807, 2.05) is 37.8 Å². The highest BCUT2D eigenvalue weighted by Gasteiger charge is 2.32. The average molecular weight is 361 g/mol. The molecular weight excluding hydrogens is 328 g/mol. The Balaban J connectivity index is 1.45. The van der Waals surface area contributed by atoms with E-state index < -0.39 is 5.60 Å². The highest BCUT2D eigenvalue weighted by molar-refractivity contribution is 5.68. The first-order valence-electron chi connectivity index (χ1n) is 9.76. The largest absolute Gasteiger partial charge is 0.444 e. The maximum atomic E-state index is 12.2. The molecule has 0 radical (unpaired) electrons. The van der Waals surface area contributed by atoms with E-state index in [4.69, 9.17) is 10.5 Å². The number of amides is 1. The highest BCUT2D eigenvalue weighted by Crippen LogP contribution is 2.33. The molecule has 2 aliphatic heterocycles. The van der Waals surface area contributed by atoms with Gasteiger partial charge >= 0.3 is 6.09 Å². The Kier molecular flexibility index (Phi) is 5.58. The number of pyridine rings is 1. The van der Waals surface area contributed by atoms with Crippen LogP contribution >= 0.6 is 0 Å². The number of anilines is 2. The molecule has 1 amide bonds. The standard InChI is InChI=1S/C20H32N4O2/c1-20(2,3)26-19(25)24-12-8-16(9-13-24)15-6-10-23(11-7-15)18-5-4-17(21)14-22-18/h4-5,14-16H,6-13,21H2,1-3H3. The maximum absolute atomic E-state index is 12.2. The summed E-state index contributed by atoms with van der Waals surface area (Å²) in [6.45, 7) is 9.49. The van der Waals surface area contributed by atoms with Gasteiger partial charge in [-0.1, -0.05) is 0 Å². The molecule has 1 aromatic heterocycles. The van der Waals surface area contributed by atoms with Gasteiger partial charge in [-0.15, -0.1) is 0 Å². The van der Waals surface area contributed by atoms with Gasteiger partial charge in [-0.25, -0.2) is 9.78 Å². The molecule has 3 rings (SSSR count). The first-order valence-corrected chi connectivity index (χ1v) is 9.76. The number of nitrogens with two attached hydrogens (primary N) is 1. The second kappa shape index (κ2) is 7.72. The number of ether oxygens (including phenoxy) is 1. The van der Waals surface area contributed by atoms with Crippen LogP contribution in [0.3, 0.4) is 0 Å². The molecule has 3 heterocycles. The number of hydrogen-bond donors (Lipinski definition) is 1. The molecule has 2 fully saturated rings. The summed E-state index contributed by atoms with van der Waals surface area (Å²) in [5, 5.41) is 0. The maximum Gasteiger partial charge on any atom is 0.410 e. The van der Waals surface area contributed by atoms with Crippen LogP contribution in [0.1, 0.15) is 46.5 Å². The molecule has 26 heavy (non-hydrogen) atoms. The van der Waals surface area contributed by atoms with Gasteiger partial charge in [-0.3, -0.25) is 0 Å². The summed E-state index contributed by atoms with van der Waals surface area (Å²) in [6, 6.07) is 3.93. The Morgan fingerprint density at radius 1 is 1.08 bits per heavy atom. The average Bonchev–Trinajstić information content (AvgIpc) is 2.61. The van der Waals surface area contributed by atoms with E-state index >= 15 is 0 Å². The monoisotopic (exact) mass is 360 g/mol. The quantitative estimate of drug-likeness (QED) is 0.873. The summed E-state index contributed by atoms with van der Waals surface area (Å²) in [4.78, 5) is 20.9. The van der Waals surface area contributed by atoms with E-state index in [1.165, 1.54) is 12.8 Å². The first kappa shape index (κ1) is 18.8. The van der Waals surface area contributed by atoms with Gasteiger partial charge in [0.2, 0.25) is 0 Å². The van der Waals surface area contributed by atoms with Crippen LogP contribution in [0.4, 0.5) is 16.3 Å². The Labute approximate surface area is 156 Å². The van der Waals surface area contributed by atoms with Gasteiger partial charge in [-0.05, 0) is 70.4 Å². The Hall–Kier alpha value is -1.98. The van der Waals surface area contributed by atoms with Crippen molar-refractivity contribution in [1.82, 2.24) is 9.88 Å². The summed E-state index contributed by atoms with van der Waals surface area (Å²) >= 11 is 0. The van der Waals surface area contributed by atoms with Crippen LogP contribution in [-0.2, 0) is 4.74 Å². The summed E-state index contributed by atoms with van der Waals surface area (Å²) < 4.78 is 5.49. The zero-order valence-corrected chi connectivity index (χ0v) is 16.3. The fraction of sp³-hybridized carbons (Fsp3) is 0.700. The van der Waals surface area contributed by atoms with Crippen LogP contribution in [0.2, 0.25) is 0 Å². The zero-order valence-electron chi connectivity index (χ0n) is 16.3. The lowest BCUT2D eigenvalue weighted by atomic mass is 9.79. The molecule has 6 heteroatoms. The van der Waals surface area contributed by atoms with Gasteiger partial charge in [0, 0.05) is 26.2 Å². The van der Waals surface area contributed by atoms with Gasteiger partial charge in [0.05, 0.1) is 11.9 Å². The molecule has 144 valence electrons. The van der Waals surface area contributed by atoms with E-state index in [0.29, 0.717) is 5.69 Å². The van der Waals surface area contributed by atoms with Crippen molar-refractivity contribution in [1.29, 1.82) is 0 Å². The second-order valence-electron chi connectivity index (χ2n) is 8.58. The van der Waals surface area contributed by atoms with Crippen LogP contribution in [0.5, 0.6) is 0 Å². The fourth-order valence-corrected chi connectivity index (χ4v) is 4.06. The highest BCUT2D eigenvalue weighted by atomic mass is 16.6. The molecule has 0 saturated carbocycles. The van der Waals surface area contributed by atoms with Gasteiger partial charge in [0.15, 0.2) is 0 Å². The number of carbonyl (C=O) groups excluding carboxylic acids is 1. The van der Waals surface area contributed by atoms with Crippen molar-refractivity contribution in [2.75, 3.05) is 36.8 Å². The number of nitrogen functional groups attached to an aromatic ring is 1. The summed E-state index contributed by atoms with van der Waals surface area (Å²) in [5.74, 6) is 2.49. The summed E-state index contributed by atoms with van der Waals surface area (Å²) in [6.07, 6.45) is 6.13. The number of nitrogens with zero attached hydrogens (tertiary/aromatic N) is 3. The molecular formula is C20H32N4O2. The van der Waals surface area contributed by atoms with Crippen molar-refractivity contribution in [3.8, 4) is 0 Å². The van der Waals surface area contributed by atoms with Crippen molar-refractivity contribution in [3.63, 3.8) is 0 Å². The number of piperidine rings is 2. The van der Waals surface area contributed by atoms with Crippen molar-refractivity contribution < 1.29 is 9.53 Å². The lowest BCUT2D eigenvalue weighted by molar-refractivity contribution is 0.0152. The molecule has 6 nitrogen and oxygen atoms in total. The van der Waals surface area contributed by atoms with E-state index in [-0.39, 0.29) is 6.09 Å². The van der Waals surface area contributed by atoms with Crippen molar-refractivity contribution in [2.45, 2.75) is 52.1 Å². The molecule has 0 aromatic carbocycles. The Bertz CT molecular complexity index is 595. The number of carbonyl (C=O) groups is 1. The van der Waals surface area contributed by atoms with E-state index in [0.717, 1.165) is 56.7 Å². The third kappa shape index (κ3) is 4.80. The zero-order chi connectivity index (χ0) is 18.7. The smallest absolute Gasteiger partial charge is 0.410 e. The lowest BCUT2D eigenvalue weighted by Gasteiger charge is -2.40. The molecule has 0 spiro atoms. The van der Waals surface area contributed by atoms with Gasteiger partial charge in [0.25, 0.3) is 0 Å². The third-order valence-electron chi connectivity index (χ3n) is 5.49. The lowest BCUT2D eigenvalue weighted by Crippen LogP contribution is -2.44. The normalized spacial score (nSPS) is 20.3. The molecule has 1 aromatic rings. The molecule has 2 N–H and O–H groups in total. The van der Waals surface area contributed by atoms with Crippen LogP contribution in [0.15, 0.2) is 18.3 Å². The molecule has 0 bridgehead atoms. The third-order valence-corrected chi connectivity index (χ3v) is 5.49. The van der Waals surface area contributed by atoms with Crippen LogP contribution < -0.4 is 10.6 Å². The first-order chi connectivity index (χ1) is 12.3. The van der Waals surface area contributed by atoms with E-state index in [1.54, 1.807) is 6.20 Å². The van der Waals surface area contributed by atoms with Crippen LogP contribution in [0.25, 0.3) is 0 Å². The van der Waals surface area contributed by atoms with E-state index in [2.05, 4.69) is 9.88 Å². The minimum absolute atomic E-state index is 0.166. The predicted octanol–water partition coefficient (Wildman–Crippen LogP) is 3.53. The molecule has 0 aliphatic carbocycles. The molecule has 0 atom stereocenters. The van der Waals surface area contributed by atoms with Crippen molar-refractivity contribution in [3.05, 3.63) is 18.3 Å². The molecule has 2 aliphatic rings. The second-order valence-corrected chi connectivity index (χ2v) is 8.58. The number of aromatic nitrogens is 1. The van der Waals surface area contributed by atoms with Gasteiger partial charge < -0.3 is 20.3 Å². The number of likely N-dealkylation sites (tertiary alicyclic amines) is 1. The van der Waals surface area contributed by atoms with Crippen molar-refractivity contribution >= 4 is 17.6 Å². The SMILES string of the molecule is CC(C)(C)OC(=O)N1CCC(C2CCN(c3ccc(N)cn3)CC2)CC1. The Morgan fingerprint density at radius 2 is 1.65 bits per heavy atom.